The molecule has 0 fully saturated rings. The van der Waals surface area contributed by atoms with E-state index < -0.39 is 0 Å². The summed E-state index contributed by atoms with van der Waals surface area (Å²) in [6.07, 6.45) is 3.72. The van der Waals surface area contributed by atoms with E-state index in [0.29, 0.717) is 19.0 Å². The third-order valence-corrected chi connectivity index (χ3v) is 5.87. The van der Waals surface area contributed by atoms with Gasteiger partial charge in [0.15, 0.2) is 5.65 Å². The maximum Gasteiger partial charge on any atom is 0.307 e. The van der Waals surface area contributed by atoms with Crippen LogP contribution in [0.25, 0.3) is 16.8 Å². The van der Waals surface area contributed by atoms with E-state index in [1.54, 1.807) is 25.5 Å². The summed E-state index contributed by atoms with van der Waals surface area (Å²) in [5, 5.41) is 4.34. The van der Waals surface area contributed by atoms with Gasteiger partial charge in [0, 0.05) is 17.3 Å². The fraction of sp³-hybridized carbons (Fsp3) is 0.276. The van der Waals surface area contributed by atoms with E-state index in [9.17, 15) is 4.79 Å². The molecule has 0 aliphatic carbocycles. The van der Waals surface area contributed by atoms with Gasteiger partial charge in [-0.05, 0) is 67.8 Å². The first-order chi connectivity index (χ1) is 17.5. The molecule has 2 aromatic heterocycles. The molecule has 0 aliphatic heterocycles. The number of esters is 1. The van der Waals surface area contributed by atoms with Gasteiger partial charge in [0.05, 0.1) is 26.1 Å². The van der Waals surface area contributed by atoms with Crippen molar-refractivity contribution in [1.29, 1.82) is 0 Å². The van der Waals surface area contributed by atoms with Crippen LogP contribution in [-0.4, -0.2) is 34.3 Å². The molecule has 0 aliphatic rings. The molecule has 184 valence electrons. The van der Waals surface area contributed by atoms with E-state index in [-0.39, 0.29) is 18.3 Å². The Morgan fingerprint density at radius 3 is 2.58 bits per heavy atom. The molecule has 0 radical (unpaired) electrons. The lowest BCUT2D eigenvalue weighted by Crippen LogP contribution is -2.09. The minimum Gasteiger partial charge on any atom is -0.497 e. The quantitative estimate of drug-likeness (QED) is 0.236. The molecule has 4 aromatic rings. The highest BCUT2D eigenvalue weighted by Crippen LogP contribution is 2.29. The van der Waals surface area contributed by atoms with E-state index in [0.717, 1.165) is 39.2 Å². The van der Waals surface area contributed by atoms with Crippen LogP contribution in [0.5, 0.6) is 11.5 Å². The summed E-state index contributed by atoms with van der Waals surface area (Å²) in [7, 11) is 1.66. The molecule has 4 rings (SSSR count). The molecule has 0 bridgehead atoms. The summed E-state index contributed by atoms with van der Waals surface area (Å²) < 4.78 is 18.3. The molecule has 7 nitrogen and oxygen atoms in total. The Bertz CT molecular complexity index is 1410. The zero-order valence-electron chi connectivity index (χ0n) is 20.9. The molecule has 2 aromatic carbocycles. The third-order valence-electron chi connectivity index (χ3n) is 5.87. The van der Waals surface area contributed by atoms with Crippen LogP contribution in [0.4, 0.5) is 0 Å². The highest BCUT2D eigenvalue weighted by Gasteiger charge is 2.15. The second kappa shape index (κ2) is 11.4. The number of pyridine rings is 1. The fourth-order valence-corrected chi connectivity index (χ4v) is 4.11. The van der Waals surface area contributed by atoms with Crippen molar-refractivity contribution in [2.24, 2.45) is 0 Å². The van der Waals surface area contributed by atoms with Gasteiger partial charge in [-0.3, -0.25) is 4.79 Å². The summed E-state index contributed by atoms with van der Waals surface area (Å²) in [4.78, 5) is 16.4. The van der Waals surface area contributed by atoms with Gasteiger partial charge >= 0.3 is 5.97 Å². The molecule has 0 unspecified atom stereocenters. The molecule has 0 spiro atoms. The average molecular weight is 484 g/mol. The summed E-state index contributed by atoms with van der Waals surface area (Å²) in [6.45, 7) is 6.30. The maximum absolute atomic E-state index is 12.0. The predicted octanol–water partition coefficient (Wildman–Crippen LogP) is 5.35. The second-order valence-electron chi connectivity index (χ2n) is 8.28. The summed E-state index contributed by atoms with van der Waals surface area (Å²) in [6, 6.07) is 15.7. The zero-order chi connectivity index (χ0) is 25.5. The molecule has 36 heavy (non-hydrogen) atoms. The largest absolute Gasteiger partial charge is 0.497 e. The maximum atomic E-state index is 12.0. The monoisotopic (exact) mass is 483 g/mol. The van der Waals surface area contributed by atoms with Gasteiger partial charge in [-0.2, -0.15) is 5.10 Å². The summed E-state index contributed by atoms with van der Waals surface area (Å²) in [5.74, 6) is 7.06. The lowest BCUT2D eigenvalue weighted by molar-refractivity contribution is -0.143. The molecular weight excluding hydrogens is 454 g/mol. The van der Waals surface area contributed by atoms with Gasteiger partial charge in [0.25, 0.3) is 0 Å². The first-order valence-corrected chi connectivity index (χ1v) is 11.8. The standard InChI is InChI=1S/C29H29N3O4/c1-5-7-22(16-28(33)35-6-2)21-8-10-25(11-9-21)36-18-24-15-23(17-32-29(24)30-19-31-32)27-13-12-26(34-4)14-20(27)3/h8-15,17,19,22H,6,16,18H2,1-4H3/t22-/m0/s1. The van der Waals surface area contributed by atoms with E-state index in [4.69, 9.17) is 14.2 Å². The number of hydrogen-bond acceptors (Lipinski definition) is 6. The van der Waals surface area contributed by atoms with Gasteiger partial charge < -0.3 is 14.2 Å². The minimum absolute atomic E-state index is 0.219. The van der Waals surface area contributed by atoms with Crippen molar-refractivity contribution in [2.75, 3.05) is 13.7 Å². The van der Waals surface area contributed by atoms with Crippen LogP contribution in [-0.2, 0) is 16.1 Å². The SMILES string of the molecule is CC#C[C@@H](CC(=O)OCC)c1ccc(OCc2cc(-c3ccc(OC)cc3C)cn3ncnc23)cc1. The van der Waals surface area contributed by atoms with Gasteiger partial charge in [0.1, 0.15) is 24.4 Å². The topological polar surface area (TPSA) is 75.0 Å². The molecule has 0 N–H and O–H groups in total. The Morgan fingerprint density at radius 2 is 1.89 bits per heavy atom. The van der Waals surface area contributed by atoms with Crippen LogP contribution in [0.2, 0.25) is 0 Å². The second-order valence-corrected chi connectivity index (χ2v) is 8.28. The molecule has 1 atom stereocenters. The van der Waals surface area contributed by atoms with Gasteiger partial charge in [-0.25, -0.2) is 9.50 Å². The number of carbonyl (C=O) groups excluding carboxylic acids is 1. The molecule has 0 saturated carbocycles. The van der Waals surface area contributed by atoms with E-state index >= 15 is 0 Å². The lowest BCUT2D eigenvalue weighted by atomic mass is 9.96. The van der Waals surface area contributed by atoms with Gasteiger partial charge in [-0.15, -0.1) is 5.92 Å². The Morgan fingerprint density at radius 1 is 1.11 bits per heavy atom. The fourth-order valence-electron chi connectivity index (χ4n) is 4.11. The number of benzene rings is 2. The van der Waals surface area contributed by atoms with E-state index in [1.165, 1.54) is 6.33 Å². The number of ether oxygens (including phenoxy) is 3. The Balaban J connectivity index is 1.54. The van der Waals surface area contributed by atoms with E-state index in [1.807, 2.05) is 48.7 Å². The van der Waals surface area contributed by atoms with Crippen molar-refractivity contribution < 1.29 is 19.0 Å². The number of rotatable bonds is 9. The molecule has 0 amide bonds. The van der Waals surface area contributed by atoms with Crippen molar-refractivity contribution in [3.05, 3.63) is 77.7 Å². The minimum atomic E-state index is -0.255. The van der Waals surface area contributed by atoms with Crippen LogP contribution in [0.15, 0.2) is 61.1 Å². The van der Waals surface area contributed by atoms with Crippen molar-refractivity contribution in [2.45, 2.75) is 39.7 Å². The van der Waals surface area contributed by atoms with Gasteiger partial charge in [-0.1, -0.05) is 24.1 Å². The number of aromatic nitrogens is 3. The lowest BCUT2D eigenvalue weighted by Gasteiger charge is -2.13. The Kier molecular flexibility index (Phi) is 7.86. The number of fused-ring (bicyclic) bond motifs is 1. The number of nitrogens with zero attached hydrogens (tertiary/aromatic N) is 3. The van der Waals surface area contributed by atoms with Crippen molar-refractivity contribution in [3.8, 4) is 34.5 Å². The molecule has 0 saturated heterocycles. The normalized spacial score (nSPS) is 11.4. The predicted molar refractivity (Wildman–Crippen MR) is 138 cm³/mol. The van der Waals surface area contributed by atoms with Crippen molar-refractivity contribution in [3.63, 3.8) is 0 Å². The van der Waals surface area contributed by atoms with Crippen molar-refractivity contribution in [1.82, 2.24) is 14.6 Å². The van der Waals surface area contributed by atoms with Crippen molar-refractivity contribution >= 4 is 11.6 Å². The molecule has 7 heteroatoms. The third kappa shape index (κ3) is 5.66. The zero-order valence-corrected chi connectivity index (χ0v) is 20.9. The van der Waals surface area contributed by atoms with Crippen LogP contribution < -0.4 is 9.47 Å². The van der Waals surface area contributed by atoms with Crippen LogP contribution >= 0.6 is 0 Å². The number of hydrogen-bond donors (Lipinski definition) is 0. The molecular formula is C29H29N3O4. The van der Waals surface area contributed by atoms with Crippen LogP contribution in [0.3, 0.4) is 0 Å². The summed E-state index contributed by atoms with van der Waals surface area (Å²) in [5.41, 5.74) is 5.81. The first kappa shape index (κ1) is 24.8. The smallest absolute Gasteiger partial charge is 0.307 e. The Labute approximate surface area is 211 Å². The highest BCUT2D eigenvalue weighted by molar-refractivity contribution is 5.71. The average Bonchev–Trinajstić information content (AvgIpc) is 3.36. The number of methoxy groups -OCH3 is 1. The highest BCUT2D eigenvalue weighted by atomic mass is 16.5. The first-order valence-electron chi connectivity index (χ1n) is 11.8. The summed E-state index contributed by atoms with van der Waals surface area (Å²) >= 11 is 0. The van der Waals surface area contributed by atoms with E-state index in [2.05, 4.69) is 34.9 Å². The number of carbonyl (C=O) groups is 1. The molecule has 2 heterocycles. The Hall–Kier alpha value is -4.31. The van der Waals surface area contributed by atoms with Gasteiger partial charge in [0.2, 0.25) is 0 Å². The number of aryl methyl sites for hydroxylation is 1. The van der Waals surface area contributed by atoms with Crippen LogP contribution in [0.1, 0.15) is 42.9 Å². The van der Waals surface area contributed by atoms with Crippen LogP contribution in [0, 0.1) is 18.8 Å².